The smallest absolute Gasteiger partial charge is 0.408 e. The Labute approximate surface area is 368 Å². The van der Waals surface area contributed by atoms with Crippen molar-refractivity contribution < 1.29 is 43.0 Å². The zero-order chi connectivity index (χ0) is 45.6. The van der Waals surface area contributed by atoms with Gasteiger partial charge < -0.3 is 30.3 Å². The number of ether oxygens (including phenoxy) is 2. The monoisotopic (exact) mass is 859 g/mol. The highest BCUT2D eigenvalue weighted by atomic mass is 16.6. The molecule has 1 saturated carbocycles. The van der Waals surface area contributed by atoms with Crippen molar-refractivity contribution in [1.82, 2.24) is 20.9 Å². The SMILES string of the molecule is CC1=C(C)C(=O)C(CCCOC(=O)NCCCC[C@H](CC(=O)[C@@H]2CCCN2C(=O)[C@H](/C=C/[C@H](CC(C)C)NC(=O)OC(C)(C)C)Cc2ccccc2)C(=O)NC2CC2)=C(C)C1=O. The number of allylic oxidation sites excluding steroid dienone is 4. The fourth-order valence-electron chi connectivity index (χ4n) is 7.98. The molecule has 1 saturated heterocycles. The minimum absolute atomic E-state index is 0.0107. The Hall–Kier alpha value is -5.07. The summed E-state index contributed by atoms with van der Waals surface area (Å²) >= 11 is 0. The second-order valence-electron chi connectivity index (χ2n) is 18.6. The van der Waals surface area contributed by atoms with Crippen molar-refractivity contribution in [2.24, 2.45) is 17.8 Å². The number of likely N-dealkylation sites (tertiary alicyclic amines) is 1. The second-order valence-corrected chi connectivity index (χ2v) is 18.6. The molecule has 2 aliphatic carbocycles. The Morgan fingerprint density at radius 1 is 0.871 bits per heavy atom. The molecule has 13 heteroatoms. The van der Waals surface area contributed by atoms with Gasteiger partial charge in [0.1, 0.15) is 5.60 Å². The largest absolute Gasteiger partial charge is 0.450 e. The van der Waals surface area contributed by atoms with E-state index in [4.69, 9.17) is 9.47 Å². The van der Waals surface area contributed by atoms with Gasteiger partial charge in [0.25, 0.3) is 0 Å². The molecule has 4 amide bonds. The van der Waals surface area contributed by atoms with E-state index >= 15 is 0 Å². The minimum atomic E-state index is -0.662. The number of alkyl carbamates (subject to hydrolysis) is 2. The highest BCUT2D eigenvalue weighted by Gasteiger charge is 2.38. The first-order valence-corrected chi connectivity index (χ1v) is 22.6. The normalized spacial score (nSPS) is 18.5. The van der Waals surface area contributed by atoms with Crippen LogP contribution in [0.2, 0.25) is 0 Å². The number of nitrogens with one attached hydrogen (secondary N) is 3. The van der Waals surface area contributed by atoms with Crippen LogP contribution in [0, 0.1) is 17.8 Å². The number of hydrogen-bond acceptors (Lipinski definition) is 9. The summed E-state index contributed by atoms with van der Waals surface area (Å²) in [5.41, 5.74) is 2.15. The molecular formula is C49H70N4O9. The second kappa shape index (κ2) is 23.4. The van der Waals surface area contributed by atoms with Crippen LogP contribution in [0.15, 0.2) is 64.8 Å². The van der Waals surface area contributed by atoms with Crippen LogP contribution >= 0.6 is 0 Å². The lowest BCUT2D eigenvalue weighted by Crippen LogP contribution is -2.45. The Bertz CT molecular complexity index is 1870. The van der Waals surface area contributed by atoms with Gasteiger partial charge in [-0.05, 0) is 117 Å². The van der Waals surface area contributed by atoms with Crippen molar-refractivity contribution in [2.75, 3.05) is 19.7 Å². The Morgan fingerprint density at radius 3 is 2.23 bits per heavy atom. The van der Waals surface area contributed by atoms with Crippen molar-refractivity contribution in [1.29, 1.82) is 0 Å². The number of unbranched alkanes of at least 4 members (excludes halogenated alkanes) is 1. The molecule has 3 N–H and O–H groups in total. The van der Waals surface area contributed by atoms with E-state index in [-0.39, 0.29) is 60.2 Å². The summed E-state index contributed by atoms with van der Waals surface area (Å²) in [6.07, 6.45) is 9.02. The summed E-state index contributed by atoms with van der Waals surface area (Å²) in [6.45, 7) is 15.4. The van der Waals surface area contributed by atoms with Crippen LogP contribution in [0.5, 0.6) is 0 Å². The summed E-state index contributed by atoms with van der Waals surface area (Å²) < 4.78 is 10.8. The molecule has 0 spiro atoms. The van der Waals surface area contributed by atoms with Crippen LogP contribution in [0.3, 0.4) is 0 Å². The molecule has 1 aromatic carbocycles. The maximum atomic E-state index is 14.5. The van der Waals surface area contributed by atoms with Crippen molar-refractivity contribution in [2.45, 2.75) is 156 Å². The molecule has 2 fully saturated rings. The maximum Gasteiger partial charge on any atom is 0.408 e. The third kappa shape index (κ3) is 15.7. The Balaban J connectivity index is 1.33. The fourth-order valence-corrected chi connectivity index (χ4v) is 7.98. The lowest BCUT2D eigenvalue weighted by Gasteiger charge is -2.29. The molecule has 4 atom stereocenters. The van der Waals surface area contributed by atoms with Gasteiger partial charge in [0.15, 0.2) is 17.3 Å². The molecule has 340 valence electrons. The van der Waals surface area contributed by atoms with E-state index in [1.54, 1.807) is 25.7 Å². The first-order valence-electron chi connectivity index (χ1n) is 22.6. The molecule has 1 heterocycles. The van der Waals surface area contributed by atoms with E-state index in [1.807, 2.05) is 63.3 Å². The zero-order valence-electron chi connectivity index (χ0n) is 38.2. The van der Waals surface area contributed by atoms with Crippen molar-refractivity contribution >= 4 is 41.4 Å². The number of ketones is 3. The van der Waals surface area contributed by atoms with Crippen LogP contribution in [0.1, 0.15) is 132 Å². The number of nitrogens with zero attached hydrogens (tertiary/aromatic N) is 1. The molecule has 0 unspecified atom stereocenters. The third-order valence-corrected chi connectivity index (χ3v) is 11.6. The fraction of sp³-hybridized carbons (Fsp3) is 0.612. The van der Waals surface area contributed by atoms with E-state index in [1.165, 1.54) is 0 Å². The van der Waals surface area contributed by atoms with Crippen LogP contribution < -0.4 is 16.0 Å². The van der Waals surface area contributed by atoms with Crippen molar-refractivity contribution in [3.8, 4) is 0 Å². The van der Waals surface area contributed by atoms with Crippen molar-refractivity contribution in [3.05, 3.63) is 70.3 Å². The van der Waals surface area contributed by atoms with Gasteiger partial charge in [-0.2, -0.15) is 0 Å². The summed E-state index contributed by atoms with van der Waals surface area (Å²) in [7, 11) is 0. The molecule has 0 bridgehead atoms. The predicted molar refractivity (Wildman–Crippen MR) is 238 cm³/mol. The lowest BCUT2D eigenvalue weighted by molar-refractivity contribution is -0.140. The summed E-state index contributed by atoms with van der Waals surface area (Å²) in [4.78, 5) is 93.9. The van der Waals surface area contributed by atoms with Crippen molar-refractivity contribution in [3.63, 3.8) is 0 Å². The molecule has 3 aliphatic rings. The minimum Gasteiger partial charge on any atom is -0.450 e. The summed E-state index contributed by atoms with van der Waals surface area (Å²) in [6, 6.07) is 8.83. The summed E-state index contributed by atoms with van der Waals surface area (Å²) in [5, 5.41) is 8.75. The summed E-state index contributed by atoms with van der Waals surface area (Å²) in [5.74, 6) is -1.62. The quantitative estimate of drug-likeness (QED) is 0.0600. The van der Waals surface area contributed by atoms with Crippen LogP contribution in [0.4, 0.5) is 9.59 Å². The molecule has 62 heavy (non-hydrogen) atoms. The molecule has 0 aromatic heterocycles. The standard InChI is InChI=1S/C49H70N4O9/c1-31(2)28-39(52-48(60)62-49(6,7)8)22-21-37(29-35-16-10-9-11-17-35)46(58)53-26-14-20-41(53)42(54)30-36(45(57)51-38-23-24-38)18-12-13-25-50-47(59)61-27-15-19-40-34(5)43(55)32(3)33(4)44(40)56/h9-11,16-17,21-22,31,36-39,41H,12-15,18-20,23-30H2,1-8H3,(H,50,59)(H,51,57)(H,52,60)/b22-21+/t36-,37-,39-,41+/m1/s1. The van der Waals surface area contributed by atoms with E-state index in [2.05, 4.69) is 29.8 Å². The van der Waals surface area contributed by atoms with Gasteiger partial charge in [0.2, 0.25) is 11.8 Å². The molecule has 4 rings (SSSR count). The topological polar surface area (TPSA) is 177 Å². The van der Waals surface area contributed by atoms with E-state index < -0.39 is 35.7 Å². The average Bonchev–Trinajstić information content (AvgIpc) is 3.89. The molecule has 1 aliphatic heterocycles. The number of carbonyl (C=O) groups is 7. The van der Waals surface area contributed by atoms with Crippen LogP contribution in [-0.4, -0.2) is 89.7 Å². The first kappa shape index (κ1) is 49.6. The molecule has 13 nitrogen and oxygen atoms in total. The Kier molecular flexibility index (Phi) is 18.7. The van der Waals surface area contributed by atoms with E-state index in [0.717, 1.165) is 18.4 Å². The third-order valence-electron chi connectivity index (χ3n) is 11.6. The number of carbonyl (C=O) groups excluding carboxylic acids is 7. The predicted octanol–water partition coefficient (Wildman–Crippen LogP) is 7.67. The highest BCUT2D eigenvalue weighted by Crippen LogP contribution is 2.29. The number of rotatable bonds is 22. The van der Waals surface area contributed by atoms with Gasteiger partial charge in [0, 0.05) is 53.8 Å². The van der Waals surface area contributed by atoms with Gasteiger partial charge in [-0.1, -0.05) is 62.8 Å². The van der Waals surface area contributed by atoms with Gasteiger partial charge in [0.05, 0.1) is 24.6 Å². The van der Waals surface area contributed by atoms with Gasteiger partial charge in [-0.25, -0.2) is 9.59 Å². The van der Waals surface area contributed by atoms with E-state index in [0.29, 0.717) is 93.2 Å². The van der Waals surface area contributed by atoms with E-state index in [9.17, 15) is 33.6 Å². The number of Topliss-reactive ketones (excluding diaryl/α,β-unsaturated/α-hetero) is 3. The molecule has 0 radical (unpaired) electrons. The highest BCUT2D eigenvalue weighted by molar-refractivity contribution is 6.24. The Morgan fingerprint density at radius 2 is 1.56 bits per heavy atom. The number of amides is 4. The first-order chi connectivity index (χ1) is 29.3. The molecule has 1 aromatic rings. The maximum absolute atomic E-state index is 14.5. The van der Waals surface area contributed by atoms with Gasteiger partial charge in [-0.15, -0.1) is 0 Å². The number of benzene rings is 1. The average molecular weight is 859 g/mol. The zero-order valence-corrected chi connectivity index (χ0v) is 38.2. The lowest BCUT2D eigenvalue weighted by atomic mass is 9.84. The van der Waals surface area contributed by atoms with Gasteiger partial charge >= 0.3 is 12.2 Å². The van der Waals surface area contributed by atoms with Gasteiger partial charge in [-0.3, -0.25) is 24.0 Å². The van der Waals surface area contributed by atoms with Crippen LogP contribution in [-0.2, 0) is 39.9 Å². The molecular weight excluding hydrogens is 789 g/mol. The van der Waals surface area contributed by atoms with Crippen LogP contribution in [0.25, 0.3) is 0 Å². The number of hydrogen-bond donors (Lipinski definition) is 3.